The molecule has 0 bridgehead atoms. The molecule has 4 rings (SSSR count). The van der Waals surface area contributed by atoms with Crippen molar-refractivity contribution >= 4 is 10.8 Å². The van der Waals surface area contributed by atoms with Gasteiger partial charge in [0.15, 0.2) is 0 Å². The molecule has 1 aliphatic rings. The van der Waals surface area contributed by atoms with Crippen LogP contribution in [0.2, 0.25) is 0 Å². The van der Waals surface area contributed by atoms with Gasteiger partial charge in [0.2, 0.25) is 0 Å². The summed E-state index contributed by atoms with van der Waals surface area (Å²) in [7, 11) is 0. The quantitative estimate of drug-likeness (QED) is 0.452. The van der Waals surface area contributed by atoms with E-state index in [-0.39, 0.29) is 30.0 Å². The van der Waals surface area contributed by atoms with Gasteiger partial charge in [-0.3, -0.25) is 4.98 Å². The number of aliphatic hydroxyl groups excluding tert-OH is 2. The largest absolute Gasteiger partial charge is 0.490 e. The molecule has 0 aliphatic heterocycles. The van der Waals surface area contributed by atoms with Crippen LogP contribution >= 0.6 is 0 Å². The number of hydrogen-bond acceptors (Lipinski definition) is 5. The number of ether oxygens (including phenoxy) is 1. The van der Waals surface area contributed by atoms with Crippen LogP contribution in [0.3, 0.4) is 0 Å². The number of benzene rings is 2. The maximum absolute atomic E-state index is 14.8. The van der Waals surface area contributed by atoms with Crippen LogP contribution in [0.4, 0.5) is 22.0 Å². The van der Waals surface area contributed by atoms with Crippen LogP contribution in [-0.4, -0.2) is 33.9 Å². The molecule has 1 saturated carbocycles. The molecule has 0 spiro atoms. The predicted octanol–water partition coefficient (Wildman–Crippen LogP) is 4.26. The van der Waals surface area contributed by atoms with Crippen LogP contribution in [0.25, 0.3) is 10.8 Å². The average molecular weight is 468 g/mol. The number of halogens is 5. The van der Waals surface area contributed by atoms with Gasteiger partial charge in [-0.1, -0.05) is 0 Å². The fraction of sp³-hybridized carbons (Fsp3) is 0.348. The number of nitrogens with one attached hydrogen (secondary N) is 1. The molecule has 1 atom stereocenters. The van der Waals surface area contributed by atoms with Gasteiger partial charge >= 0.3 is 6.18 Å². The molecule has 0 amide bonds. The second-order valence-corrected chi connectivity index (χ2v) is 7.97. The maximum atomic E-state index is 14.8. The van der Waals surface area contributed by atoms with Gasteiger partial charge in [-0.15, -0.1) is 0 Å². The zero-order chi connectivity index (χ0) is 23.8. The highest BCUT2D eigenvalue weighted by molar-refractivity contribution is 5.88. The third-order valence-electron chi connectivity index (χ3n) is 5.77. The molecule has 176 valence electrons. The number of aliphatic hydroxyl groups is 2. The maximum Gasteiger partial charge on any atom is 0.419 e. The van der Waals surface area contributed by atoms with E-state index in [4.69, 9.17) is 4.74 Å². The molecule has 1 aromatic heterocycles. The van der Waals surface area contributed by atoms with E-state index in [1.807, 2.05) is 0 Å². The summed E-state index contributed by atoms with van der Waals surface area (Å²) in [5.41, 5.74) is -0.754. The van der Waals surface area contributed by atoms with Gasteiger partial charge in [0.25, 0.3) is 0 Å². The van der Waals surface area contributed by atoms with E-state index < -0.39 is 36.1 Å². The van der Waals surface area contributed by atoms with Crippen molar-refractivity contribution in [2.45, 2.75) is 43.8 Å². The Kier molecular flexibility index (Phi) is 6.51. The Balaban J connectivity index is 1.39. The third-order valence-corrected chi connectivity index (χ3v) is 5.77. The smallest absolute Gasteiger partial charge is 0.419 e. The zero-order valence-corrected chi connectivity index (χ0v) is 17.2. The zero-order valence-electron chi connectivity index (χ0n) is 17.2. The van der Waals surface area contributed by atoms with Crippen LogP contribution in [-0.2, 0) is 12.7 Å². The summed E-state index contributed by atoms with van der Waals surface area (Å²) in [6.45, 7) is -0.378. The highest BCUT2D eigenvalue weighted by Gasteiger charge is 2.36. The number of rotatable bonds is 7. The Labute approximate surface area is 185 Å². The number of alkyl halides is 3. The van der Waals surface area contributed by atoms with Crippen LogP contribution in [0.1, 0.15) is 35.6 Å². The Morgan fingerprint density at radius 3 is 2.55 bits per heavy atom. The van der Waals surface area contributed by atoms with Crippen LogP contribution < -0.4 is 10.1 Å². The Hall–Kier alpha value is -2.82. The Morgan fingerprint density at radius 2 is 1.85 bits per heavy atom. The molecular formula is C23H21F5N2O3. The lowest BCUT2D eigenvalue weighted by Gasteiger charge is -2.36. The molecule has 1 fully saturated rings. The van der Waals surface area contributed by atoms with Crippen molar-refractivity contribution < 1.29 is 36.9 Å². The fourth-order valence-electron chi connectivity index (χ4n) is 3.93. The molecule has 0 radical (unpaired) electrons. The predicted molar refractivity (Wildman–Crippen MR) is 109 cm³/mol. The lowest BCUT2D eigenvalue weighted by molar-refractivity contribution is -0.140. The van der Waals surface area contributed by atoms with Crippen molar-refractivity contribution in [2.75, 3.05) is 6.61 Å². The summed E-state index contributed by atoms with van der Waals surface area (Å²) in [6, 6.07) is 5.30. The lowest BCUT2D eigenvalue weighted by Crippen LogP contribution is -2.46. The minimum atomic E-state index is -4.81. The summed E-state index contributed by atoms with van der Waals surface area (Å²) in [6.07, 6.45) is -2.41. The molecule has 33 heavy (non-hydrogen) atoms. The SMILES string of the molecule is OC[C@H](O)c1cc(F)c(CNC2CC(Oc3ccc(F)c(C(F)(F)F)c3)C2)c2ccncc12. The van der Waals surface area contributed by atoms with Gasteiger partial charge in [-0.2, -0.15) is 13.2 Å². The summed E-state index contributed by atoms with van der Waals surface area (Å²) < 4.78 is 72.3. The Bertz CT molecular complexity index is 1150. The molecule has 1 aliphatic carbocycles. The molecule has 2 aromatic carbocycles. The molecule has 3 aromatic rings. The third kappa shape index (κ3) is 4.92. The minimum absolute atomic E-state index is 0.0449. The van der Waals surface area contributed by atoms with Gasteiger partial charge < -0.3 is 20.3 Å². The van der Waals surface area contributed by atoms with Crippen LogP contribution in [0.5, 0.6) is 5.75 Å². The van der Waals surface area contributed by atoms with Crippen molar-refractivity contribution in [2.24, 2.45) is 0 Å². The lowest BCUT2D eigenvalue weighted by atomic mass is 9.88. The van der Waals surface area contributed by atoms with Gasteiger partial charge in [-0.05, 0) is 54.1 Å². The number of aromatic nitrogens is 1. The van der Waals surface area contributed by atoms with Gasteiger partial charge in [0, 0.05) is 35.9 Å². The molecule has 10 heteroatoms. The first-order valence-electron chi connectivity index (χ1n) is 10.3. The van der Waals surface area contributed by atoms with E-state index in [2.05, 4.69) is 10.3 Å². The van der Waals surface area contributed by atoms with Gasteiger partial charge in [0.1, 0.15) is 29.6 Å². The fourth-order valence-corrected chi connectivity index (χ4v) is 3.93. The highest BCUT2D eigenvalue weighted by Crippen LogP contribution is 2.35. The van der Waals surface area contributed by atoms with E-state index in [9.17, 15) is 32.2 Å². The van der Waals surface area contributed by atoms with Crippen LogP contribution in [0.15, 0.2) is 42.7 Å². The van der Waals surface area contributed by atoms with E-state index in [1.54, 1.807) is 6.07 Å². The van der Waals surface area contributed by atoms with Crippen molar-refractivity contribution in [1.82, 2.24) is 10.3 Å². The van der Waals surface area contributed by atoms with Crippen molar-refractivity contribution in [3.8, 4) is 5.75 Å². The summed E-state index contributed by atoms with van der Waals surface area (Å²) in [5.74, 6) is -1.96. The second-order valence-electron chi connectivity index (χ2n) is 7.97. The van der Waals surface area contributed by atoms with Crippen molar-refractivity contribution in [3.05, 3.63) is 71.1 Å². The number of nitrogens with zero attached hydrogens (tertiary/aromatic N) is 1. The first-order valence-corrected chi connectivity index (χ1v) is 10.3. The van der Waals surface area contributed by atoms with Gasteiger partial charge in [-0.25, -0.2) is 8.78 Å². The number of fused-ring (bicyclic) bond motifs is 1. The molecule has 0 saturated heterocycles. The normalized spacial score (nSPS) is 19.4. The topological polar surface area (TPSA) is 74.6 Å². The summed E-state index contributed by atoms with van der Waals surface area (Å²) in [4.78, 5) is 4.01. The first-order chi connectivity index (χ1) is 15.7. The molecule has 3 N–H and O–H groups in total. The average Bonchev–Trinajstić information content (AvgIpc) is 2.75. The standard InChI is InChI=1S/C23H21F5N2O3/c24-20-2-1-13(7-19(20)23(26,27)28)33-14-5-12(6-14)30-10-18-15-3-4-29-9-17(15)16(8-21(18)25)22(32)11-31/h1-4,7-9,12,14,22,30-32H,5-6,10-11H2/t12?,14?,22-/m0/s1. The molecular weight excluding hydrogens is 447 g/mol. The minimum Gasteiger partial charge on any atom is -0.490 e. The Morgan fingerprint density at radius 1 is 1.09 bits per heavy atom. The van der Waals surface area contributed by atoms with Gasteiger partial charge in [0.05, 0.1) is 12.2 Å². The van der Waals surface area contributed by atoms with Crippen molar-refractivity contribution in [3.63, 3.8) is 0 Å². The molecule has 5 nitrogen and oxygen atoms in total. The monoisotopic (exact) mass is 468 g/mol. The second kappa shape index (κ2) is 9.20. The van der Waals surface area contributed by atoms with E-state index in [0.717, 1.165) is 12.1 Å². The van der Waals surface area contributed by atoms with E-state index in [0.29, 0.717) is 35.2 Å². The number of hydrogen-bond donors (Lipinski definition) is 3. The highest BCUT2D eigenvalue weighted by atomic mass is 19.4. The van der Waals surface area contributed by atoms with E-state index in [1.165, 1.54) is 18.5 Å². The first kappa shape index (κ1) is 23.3. The number of pyridine rings is 1. The summed E-state index contributed by atoms with van der Waals surface area (Å²) in [5, 5.41) is 23.5. The molecule has 1 heterocycles. The molecule has 0 unspecified atom stereocenters. The van der Waals surface area contributed by atoms with Crippen LogP contribution in [0, 0.1) is 11.6 Å². The summed E-state index contributed by atoms with van der Waals surface area (Å²) >= 11 is 0. The van der Waals surface area contributed by atoms with E-state index >= 15 is 0 Å². The van der Waals surface area contributed by atoms with Crippen molar-refractivity contribution in [1.29, 1.82) is 0 Å².